The van der Waals surface area contributed by atoms with E-state index in [1.165, 1.54) is 5.69 Å². The average Bonchev–Trinajstić information content (AvgIpc) is 3.47. The Bertz CT molecular complexity index is 534. The van der Waals surface area contributed by atoms with E-state index in [2.05, 4.69) is 34.2 Å². The number of aliphatic hydroxyl groups excluding tert-OH is 1. The van der Waals surface area contributed by atoms with Crippen LogP contribution < -0.4 is 10.2 Å². The number of benzene rings is 1. The van der Waals surface area contributed by atoms with Gasteiger partial charge in [-0.05, 0) is 56.0 Å². The fraction of sp³-hybridized carbons (Fsp3) is 0.632. The number of nitrogens with one attached hydrogen (secondary N) is 1. The summed E-state index contributed by atoms with van der Waals surface area (Å²) >= 11 is 0. The van der Waals surface area contributed by atoms with Gasteiger partial charge < -0.3 is 20.2 Å². The van der Waals surface area contributed by atoms with Gasteiger partial charge in [0.05, 0.1) is 0 Å². The number of hydrogen-bond donors (Lipinski definition) is 2. The molecule has 0 radical (unpaired) electrons. The largest absolute Gasteiger partial charge is 0.396 e. The van der Waals surface area contributed by atoms with Gasteiger partial charge in [0.15, 0.2) is 0 Å². The third-order valence-electron chi connectivity index (χ3n) is 5.26. The van der Waals surface area contributed by atoms with Crippen molar-refractivity contribution < 1.29 is 9.90 Å². The van der Waals surface area contributed by atoms with Crippen LogP contribution in [0.3, 0.4) is 0 Å². The Labute approximate surface area is 144 Å². The molecule has 2 N–H and O–H groups in total. The second-order valence-electron chi connectivity index (χ2n) is 6.90. The predicted octanol–water partition coefficient (Wildman–Crippen LogP) is 1.72. The van der Waals surface area contributed by atoms with Gasteiger partial charge in [0, 0.05) is 50.1 Å². The van der Waals surface area contributed by atoms with Gasteiger partial charge in [-0.3, -0.25) is 4.79 Å². The molecule has 5 heteroatoms. The zero-order valence-corrected chi connectivity index (χ0v) is 14.6. The molecule has 24 heavy (non-hydrogen) atoms. The van der Waals surface area contributed by atoms with E-state index in [0.717, 1.165) is 45.6 Å². The maximum absolute atomic E-state index is 12.4. The van der Waals surface area contributed by atoms with Gasteiger partial charge in [0.2, 0.25) is 0 Å². The highest BCUT2D eigenvalue weighted by molar-refractivity contribution is 5.94. The third kappa shape index (κ3) is 4.28. The smallest absolute Gasteiger partial charge is 0.251 e. The summed E-state index contributed by atoms with van der Waals surface area (Å²) in [6.07, 6.45) is 2.97. The number of carbonyl (C=O) groups excluding carboxylic acids is 1. The van der Waals surface area contributed by atoms with Gasteiger partial charge >= 0.3 is 0 Å². The van der Waals surface area contributed by atoms with Gasteiger partial charge in [0.25, 0.3) is 5.91 Å². The molecule has 1 heterocycles. The first-order valence-corrected chi connectivity index (χ1v) is 9.20. The number of amides is 1. The third-order valence-corrected chi connectivity index (χ3v) is 5.26. The summed E-state index contributed by atoms with van der Waals surface area (Å²) in [6, 6.07) is 8.05. The number of piperazine rings is 1. The van der Waals surface area contributed by atoms with Gasteiger partial charge in [-0.25, -0.2) is 0 Å². The minimum atomic E-state index is -0.0253. The topological polar surface area (TPSA) is 55.8 Å². The lowest BCUT2D eigenvalue weighted by Gasteiger charge is -2.35. The van der Waals surface area contributed by atoms with Gasteiger partial charge in [-0.15, -0.1) is 0 Å². The van der Waals surface area contributed by atoms with Crippen LogP contribution in [0.25, 0.3) is 0 Å². The van der Waals surface area contributed by atoms with E-state index in [1.54, 1.807) is 0 Å². The molecule has 1 amide bonds. The van der Waals surface area contributed by atoms with E-state index < -0.39 is 0 Å². The van der Waals surface area contributed by atoms with E-state index in [1.807, 2.05) is 12.1 Å². The molecule has 2 fully saturated rings. The van der Waals surface area contributed by atoms with E-state index in [0.29, 0.717) is 17.9 Å². The molecule has 0 aromatic heterocycles. The Kier molecular flexibility index (Phi) is 5.74. The van der Waals surface area contributed by atoms with Crippen LogP contribution in [-0.4, -0.2) is 61.3 Å². The standard InChI is InChI=1S/C19H29N3O2/c1-2-21-10-12-22(13-11-21)17-7-5-16(6-8-17)19(24)20-18(9-14-23)15-3-4-15/h5-8,15,18,23H,2-4,9-14H2,1H3,(H,20,24). The lowest BCUT2D eigenvalue weighted by Crippen LogP contribution is -2.46. The minimum absolute atomic E-state index is 0.0253. The Hall–Kier alpha value is -1.59. The highest BCUT2D eigenvalue weighted by Gasteiger charge is 2.31. The van der Waals surface area contributed by atoms with Crippen LogP contribution in [0.15, 0.2) is 24.3 Å². The lowest BCUT2D eigenvalue weighted by atomic mass is 10.1. The quantitative estimate of drug-likeness (QED) is 0.799. The number of aliphatic hydroxyl groups is 1. The molecule has 132 valence electrons. The molecule has 1 aromatic carbocycles. The molecular formula is C19H29N3O2. The van der Waals surface area contributed by atoms with Crippen LogP contribution in [0.4, 0.5) is 5.69 Å². The molecule has 1 aromatic rings. The van der Waals surface area contributed by atoms with Crippen molar-refractivity contribution in [3.63, 3.8) is 0 Å². The number of nitrogens with zero attached hydrogens (tertiary/aromatic N) is 2. The summed E-state index contributed by atoms with van der Waals surface area (Å²) in [6.45, 7) is 7.73. The maximum Gasteiger partial charge on any atom is 0.251 e. The number of hydrogen-bond acceptors (Lipinski definition) is 4. The average molecular weight is 331 g/mol. The summed E-state index contributed by atoms with van der Waals surface area (Å²) in [4.78, 5) is 17.3. The molecule has 0 spiro atoms. The van der Waals surface area contributed by atoms with Gasteiger partial charge in [-0.1, -0.05) is 6.92 Å². The second-order valence-corrected chi connectivity index (χ2v) is 6.90. The van der Waals surface area contributed by atoms with Crippen molar-refractivity contribution in [3.8, 4) is 0 Å². The molecule has 1 aliphatic carbocycles. The summed E-state index contributed by atoms with van der Waals surface area (Å²) in [5, 5.41) is 12.2. The second kappa shape index (κ2) is 7.99. The zero-order valence-electron chi connectivity index (χ0n) is 14.6. The molecular weight excluding hydrogens is 302 g/mol. The molecule has 1 unspecified atom stereocenters. The van der Waals surface area contributed by atoms with Crippen molar-refractivity contribution in [3.05, 3.63) is 29.8 Å². The summed E-state index contributed by atoms with van der Waals surface area (Å²) in [5.41, 5.74) is 1.89. The lowest BCUT2D eigenvalue weighted by molar-refractivity contribution is 0.0924. The van der Waals surface area contributed by atoms with Crippen molar-refractivity contribution in [1.82, 2.24) is 10.2 Å². The van der Waals surface area contributed by atoms with Crippen LogP contribution in [0.2, 0.25) is 0 Å². The first-order valence-electron chi connectivity index (χ1n) is 9.20. The highest BCUT2D eigenvalue weighted by atomic mass is 16.3. The molecule has 2 aliphatic rings. The SMILES string of the molecule is CCN1CCN(c2ccc(C(=O)NC(CCO)C3CC3)cc2)CC1. The van der Waals surface area contributed by atoms with Crippen LogP contribution in [0.1, 0.15) is 36.5 Å². The van der Waals surface area contributed by atoms with Crippen LogP contribution in [0.5, 0.6) is 0 Å². The van der Waals surface area contributed by atoms with E-state index >= 15 is 0 Å². The summed E-state index contributed by atoms with van der Waals surface area (Å²) in [7, 11) is 0. The van der Waals surface area contributed by atoms with E-state index in [9.17, 15) is 4.79 Å². The molecule has 0 bridgehead atoms. The van der Waals surface area contributed by atoms with Crippen molar-refractivity contribution in [2.24, 2.45) is 5.92 Å². The van der Waals surface area contributed by atoms with Crippen LogP contribution >= 0.6 is 0 Å². The van der Waals surface area contributed by atoms with Gasteiger partial charge in [0.1, 0.15) is 0 Å². The van der Waals surface area contributed by atoms with E-state index in [-0.39, 0.29) is 18.6 Å². The molecule has 1 atom stereocenters. The molecule has 1 saturated carbocycles. The Morgan fingerprint density at radius 1 is 1.21 bits per heavy atom. The zero-order chi connectivity index (χ0) is 16.9. The first-order chi connectivity index (χ1) is 11.7. The van der Waals surface area contributed by atoms with Crippen molar-refractivity contribution in [2.45, 2.75) is 32.2 Å². The monoisotopic (exact) mass is 331 g/mol. The number of rotatable bonds is 7. The Morgan fingerprint density at radius 2 is 1.88 bits per heavy atom. The van der Waals surface area contributed by atoms with Crippen molar-refractivity contribution in [2.75, 3.05) is 44.2 Å². The van der Waals surface area contributed by atoms with Crippen molar-refractivity contribution in [1.29, 1.82) is 0 Å². The normalized spacial score (nSPS) is 20.0. The molecule has 1 aliphatic heterocycles. The van der Waals surface area contributed by atoms with Crippen molar-refractivity contribution >= 4 is 11.6 Å². The minimum Gasteiger partial charge on any atom is -0.396 e. The molecule has 1 saturated heterocycles. The Morgan fingerprint density at radius 3 is 2.42 bits per heavy atom. The predicted molar refractivity (Wildman–Crippen MR) is 96.5 cm³/mol. The fourth-order valence-electron chi connectivity index (χ4n) is 3.46. The van der Waals surface area contributed by atoms with Gasteiger partial charge in [-0.2, -0.15) is 0 Å². The first kappa shape index (κ1) is 17.2. The highest BCUT2D eigenvalue weighted by Crippen LogP contribution is 2.34. The maximum atomic E-state index is 12.4. The molecule has 3 rings (SSSR count). The fourth-order valence-corrected chi connectivity index (χ4v) is 3.46. The van der Waals surface area contributed by atoms with Crippen LogP contribution in [0, 0.1) is 5.92 Å². The van der Waals surface area contributed by atoms with E-state index in [4.69, 9.17) is 5.11 Å². The van der Waals surface area contributed by atoms with Crippen LogP contribution in [-0.2, 0) is 0 Å². The number of carbonyl (C=O) groups is 1. The molecule has 5 nitrogen and oxygen atoms in total. The Balaban J connectivity index is 1.56. The summed E-state index contributed by atoms with van der Waals surface area (Å²) in [5.74, 6) is 0.526. The number of anilines is 1. The number of likely N-dealkylation sites (N-methyl/N-ethyl adjacent to an activating group) is 1. The summed E-state index contributed by atoms with van der Waals surface area (Å²) < 4.78 is 0.